The van der Waals surface area contributed by atoms with Gasteiger partial charge in [0.15, 0.2) is 5.96 Å². The minimum atomic E-state index is 0.127. The van der Waals surface area contributed by atoms with Gasteiger partial charge in [-0.05, 0) is 18.9 Å². The topological polar surface area (TPSA) is 80.2 Å². The molecule has 1 aliphatic rings. The van der Waals surface area contributed by atoms with Crippen LogP contribution < -0.4 is 11.5 Å². The van der Waals surface area contributed by atoms with Crippen LogP contribution in [0.15, 0.2) is 29.3 Å². The van der Waals surface area contributed by atoms with Crippen LogP contribution >= 0.6 is 0 Å². The molecule has 2 aromatic rings. The van der Waals surface area contributed by atoms with E-state index in [2.05, 4.69) is 22.1 Å². The van der Waals surface area contributed by atoms with Crippen molar-refractivity contribution >= 4 is 22.5 Å². The van der Waals surface area contributed by atoms with Gasteiger partial charge in [0.25, 0.3) is 0 Å². The van der Waals surface area contributed by atoms with Crippen LogP contribution in [0.25, 0.3) is 10.9 Å². The van der Waals surface area contributed by atoms with E-state index in [1.165, 1.54) is 37.8 Å². The third kappa shape index (κ3) is 2.30. The van der Waals surface area contributed by atoms with Crippen molar-refractivity contribution in [2.75, 3.05) is 0 Å². The minimum Gasteiger partial charge on any atom is -0.370 e. The lowest BCUT2D eigenvalue weighted by Crippen LogP contribution is -2.22. The predicted octanol–water partition coefficient (Wildman–Crippen LogP) is 3.12. The zero-order valence-electron chi connectivity index (χ0n) is 11.0. The smallest absolute Gasteiger partial charge is 0.191 e. The van der Waals surface area contributed by atoms with Crippen LogP contribution in [0.1, 0.15) is 43.7 Å². The summed E-state index contributed by atoms with van der Waals surface area (Å²) >= 11 is 0. The van der Waals surface area contributed by atoms with E-state index in [9.17, 15) is 0 Å². The molecule has 19 heavy (non-hydrogen) atoms. The molecular weight excluding hydrogens is 236 g/mol. The summed E-state index contributed by atoms with van der Waals surface area (Å²) in [7, 11) is 0. The Bertz CT molecular complexity index is 602. The Kier molecular flexibility index (Phi) is 3.15. The molecule has 0 radical (unpaired) electrons. The SMILES string of the molecule is NC(N)=Nc1c(C2CCCCC2)[nH]c2ccccc12. The van der Waals surface area contributed by atoms with Gasteiger partial charge >= 0.3 is 0 Å². The molecule has 4 heteroatoms. The second-order valence-corrected chi connectivity index (χ2v) is 5.30. The van der Waals surface area contributed by atoms with Crippen molar-refractivity contribution in [3.63, 3.8) is 0 Å². The number of H-pyrrole nitrogens is 1. The van der Waals surface area contributed by atoms with Crippen LogP contribution in [0.2, 0.25) is 0 Å². The number of nitrogens with one attached hydrogen (secondary N) is 1. The molecule has 0 atom stereocenters. The van der Waals surface area contributed by atoms with E-state index in [4.69, 9.17) is 11.5 Å². The van der Waals surface area contributed by atoms with Crippen LogP contribution in [-0.2, 0) is 0 Å². The van der Waals surface area contributed by atoms with Crippen LogP contribution in [-0.4, -0.2) is 10.9 Å². The number of fused-ring (bicyclic) bond motifs is 1. The number of hydrogen-bond acceptors (Lipinski definition) is 1. The summed E-state index contributed by atoms with van der Waals surface area (Å²) in [5.74, 6) is 0.682. The van der Waals surface area contributed by atoms with E-state index >= 15 is 0 Å². The second-order valence-electron chi connectivity index (χ2n) is 5.30. The monoisotopic (exact) mass is 256 g/mol. The molecule has 0 aliphatic heterocycles. The maximum atomic E-state index is 5.59. The molecular formula is C15H20N4. The molecule has 5 N–H and O–H groups in total. The van der Waals surface area contributed by atoms with Gasteiger partial charge in [0.1, 0.15) is 0 Å². The van der Waals surface area contributed by atoms with Crippen LogP contribution in [0, 0.1) is 0 Å². The van der Waals surface area contributed by atoms with Gasteiger partial charge in [0.2, 0.25) is 0 Å². The Hall–Kier alpha value is -1.97. The average Bonchev–Trinajstić information content (AvgIpc) is 2.78. The van der Waals surface area contributed by atoms with Crippen LogP contribution in [0.4, 0.5) is 5.69 Å². The van der Waals surface area contributed by atoms with E-state index < -0.39 is 0 Å². The molecule has 1 fully saturated rings. The highest BCUT2D eigenvalue weighted by molar-refractivity contribution is 5.96. The van der Waals surface area contributed by atoms with Crippen molar-refractivity contribution in [2.45, 2.75) is 38.0 Å². The van der Waals surface area contributed by atoms with E-state index in [-0.39, 0.29) is 5.96 Å². The third-order valence-corrected chi connectivity index (χ3v) is 3.96. The number of nitrogens with zero attached hydrogens (tertiary/aromatic N) is 1. The van der Waals surface area contributed by atoms with Crippen molar-refractivity contribution in [3.05, 3.63) is 30.0 Å². The Balaban J connectivity index is 2.13. The molecule has 0 amide bonds. The lowest BCUT2D eigenvalue weighted by Gasteiger charge is -2.21. The highest BCUT2D eigenvalue weighted by atomic mass is 15.0. The lowest BCUT2D eigenvalue weighted by atomic mass is 9.86. The second kappa shape index (κ2) is 4.96. The average molecular weight is 256 g/mol. The van der Waals surface area contributed by atoms with Crippen molar-refractivity contribution in [3.8, 4) is 0 Å². The maximum Gasteiger partial charge on any atom is 0.191 e. The van der Waals surface area contributed by atoms with Gasteiger partial charge in [-0.15, -0.1) is 0 Å². The van der Waals surface area contributed by atoms with Crippen molar-refractivity contribution in [1.82, 2.24) is 4.98 Å². The zero-order chi connectivity index (χ0) is 13.2. The summed E-state index contributed by atoms with van der Waals surface area (Å²) in [6.45, 7) is 0. The number of aromatic amines is 1. The lowest BCUT2D eigenvalue weighted by molar-refractivity contribution is 0.439. The van der Waals surface area contributed by atoms with Gasteiger partial charge in [-0.1, -0.05) is 37.5 Å². The first-order valence-corrected chi connectivity index (χ1v) is 6.96. The zero-order valence-corrected chi connectivity index (χ0v) is 11.0. The number of benzene rings is 1. The first-order valence-electron chi connectivity index (χ1n) is 6.96. The number of nitrogens with two attached hydrogens (primary N) is 2. The first-order chi connectivity index (χ1) is 9.25. The number of rotatable bonds is 2. The van der Waals surface area contributed by atoms with Crippen molar-refractivity contribution < 1.29 is 0 Å². The number of hydrogen-bond donors (Lipinski definition) is 3. The van der Waals surface area contributed by atoms with E-state index in [1.54, 1.807) is 0 Å². The van der Waals surface area contributed by atoms with E-state index in [0.29, 0.717) is 5.92 Å². The summed E-state index contributed by atoms with van der Waals surface area (Å²) in [6.07, 6.45) is 6.37. The van der Waals surface area contributed by atoms with Gasteiger partial charge in [0, 0.05) is 22.5 Å². The Labute approximate surface area is 112 Å². The molecule has 1 saturated carbocycles. The highest BCUT2D eigenvalue weighted by Crippen LogP contribution is 2.40. The molecule has 0 saturated heterocycles. The molecule has 1 aliphatic carbocycles. The molecule has 0 spiro atoms. The number of para-hydroxylation sites is 1. The van der Waals surface area contributed by atoms with E-state index in [1.807, 2.05) is 12.1 Å². The standard InChI is InChI=1S/C15H20N4/c16-15(17)19-14-11-8-4-5-9-12(11)18-13(14)10-6-2-1-3-7-10/h4-5,8-10,18H,1-3,6-7H2,(H4,16,17,19). The van der Waals surface area contributed by atoms with Crippen molar-refractivity contribution in [2.24, 2.45) is 16.5 Å². The predicted molar refractivity (Wildman–Crippen MR) is 79.6 cm³/mol. The molecule has 100 valence electrons. The Morgan fingerprint density at radius 3 is 2.58 bits per heavy atom. The number of aromatic nitrogens is 1. The Morgan fingerprint density at radius 2 is 1.84 bits per heavy atom. The normalized spacial score (nSPS) is 16.6. The molecule has 0 unspecified atom stereocenters. The maximum absolute atomic E-state index is 5.59. The Morgan fingerprint density at radius 1 is 1.11 bits per heavy atom. The summed E-state index contributed by atoms with van der Waals surface area (Å²) in [5.41, 5.74) is 14.4. The third-order valence-electron chi connectivity index (χ3n) is 3.96. The number of aliphatic imine (C=N–C) groups is 1. The van der Waals surface area contributed by atoms with Crippen LogP contribution in [0.5, 0.6) is 0 Å². The first kappa shape index (κ1) is 12.1. The van der Waals surface area contributed by atoms with Gasteiger partial charge < -0.3 is 16.5 Å². The van der Waals surface area contributed by atoms with Gasteiger partial charge in [-0.3, -0.25) is 0 Å². The molecule has 1 aromatic carbocycles. The molecule has 4 nitrogen and oxygen atoms in total. The molecule has 3 rings (SSSR count). The quantitative estimate of drug-likeness (QED) is 0.570. The fraction of sp³-hybridized carbons (Fsp3) is 0.400. The van der Waals surface area contributed by atoms with Gasteiger partial charge in [-0.25, -0.2) is 4.99 Å². The fourth-order valence-electron chi connectivity index (χ4n) is 3.08. The van der Waals surface area contributed by atoms with Gasteiger partial charge in [0.05, 0.1) is 5.69 Å². The summed E-state index contributed by atoms with van der Waals surface area (Å²) in [6, 6.07) is 8.20. The minimum absolute atomic E-state index is 0.127. The summed E-state index contributed by atoms with van der Waals surface area (Å²) < 4.78 is 0. The fourth-order valence-corrected chi connectivity index (χ4v) is 3.08. The molecule has 1 aromatic heterocycles. The summed E-state index contributed by atoms with van der Waals surface area (Å²) in [5, 5.41) is 1.11. The van der Waals surface area contributed by atoms with Crippen molar-refractivity contribution in [1.29, 1.82) is 0 Å². The van der Waals surface area contributed by atoms with Gasteiger partial charge in [-0.2, -0.15) is 0 Å². The molecule has 1 heterocycles. The molecule has 0 bridgehead atoms. The summed E-state index contributed by atoms with van der Waals surface area (Å²) in [4.78, 5) is 7.88. The number of guanidine groups is 1. The largest absolute Gasteiger partial charge is 0.370 e. The van der Waals surface area contributed by atoms with E-state index in [0.717, 1.165) is 16.6 Å². The van der Waals surface area contributed by atoms with Crippen LogP contribution in [0.3, 0.4) is 0 Å². The highest BCUT2D eigenvalue weighted by Gasteiger charge is 2.22.